The van der Waals surface area contributed by atoms with Crippen LogP contribution in [0.5, 0.6) is 0 Å². The summed E-state index contributed by atoms with van der Waals surface area (Å²) in [5, 5.41) is 20.2. The third kappa shape index (κ3) is 2.59. The van der Waals surface area contributed by atoms with Gasteiger partial charge in [-0.3, -0.25) is 4.79 Å². The number of hydrogen-bond acceptors (Lipinski definition) is 8. The van der Waals surface area contributed by atoms with E-state index in [0.29, 0.717) is 30.2 Å². The van der Waals surface area contributed by atoms with Crippen LogP contribution >= 0.6 is 11.5 Å². The molecule has 1 fully saturated rings. The summed E-state index contributed by atoms with van der Waals surface area (Å²) in [7, 11) is 0. The standard InChI is InChI=1S/C12H13N9OS/c1-8-11(23-18-15-8)12(22)19-6-10(7-19)20-4-9(16-17-20)5-21-13-2-3-14-21/h2-4,10H,5-7H2,1H3. The van der Waals surface area contributed by atoms with Gasteiger partial charge in [-0.05, 0) is 18.5 Å². The summed E-state index contributed by atoms with van der Waals surface area (Å²) in [6.07, 6.45) is 5.11. The molecule has 1 amide bonds. The number of likely N-dealkylation sites (tertiary alicyclic amines) is 1. The van der Waals surface area contributed by atoms with Crippen molar-refractivity contribution in [1.82, 2.24) is 44.5 Å². The molecule has 3 aromatic rings. The summed E-state index contributed by atoms with van der Waals surface area (Å²) >= 11 is 1.13. The van der Waals surface area contributed by atoms with Gasteiger partial charge in [0.25, 0.3) is 5.91 Å². The van der Waals surface area contributed by atoms with E-state index in [1.165, 1.54) is 0 Å². The molecule has 0 radical (unpaired) electrons. The molecule has 10 nitrogen and oxygen atoms in total. The first-order valence-corrected chi connectivity index (χ1v) is 7.81. The van der Waals surface area contributed by atoms with Crippen molar-refractivity contribution in [3.05, 3.63) is 34.9 Å². The van der Waals surface area contributed by atoms with Gasteiger partial charge in [0, 0.05) is 13.1 Å². The van der Waals surface area contributed by atoms with Crippen molar-refractivity contribution in [2.75, 3.05) is 13.1 Å². The van der Waals surface area contributed by atoms with Crippen LogP contribution in [0, 0.1) is 6.92 Å². The number of aryl methyl sites for hydroxylation is 1. The van der Waals surface area contributed by atoms with E-state index in [-0.39, 0.29) is 11.9 Å². The molecule has 0 aliphatic carbocycles. The Balaban J connectivity index is 1.38. The Hall–Kier alpha value is -2.69. The third-order valence-corrected chi connectivity index (χ3v) is 4.51. The molecule has 0 atom stereocenters. The predicted molar refractivity (Wildman–Crippen MR) is 78.7 cm³/mol. The molecule has 0 saturated carbocycles. The van der Waals surface area contributed by atoms with Crippen LogP contribution in [0.25, 0.3) is 0 Å². The van der Waals surface area contributed by atoms with E-state index in [9.17, 15) is 4.79 Å². The van der Waals surface area contributed by atoms with Crippen LogP contribution in [0.2, 0.25) is 0 Å². The highest BCUT2D eigenvalue weighted by Crippen LogP contribution is 2.24. The number of carbonyl (C=O) groups excluding carboxylic acids is 1. The van der Waals surface area contributed by atoms with Gasteiger partial charge in [-0.15, -0.1) is 10.2 Å². The van der Waals surface area contributed by atoms with E-state index in [2.05, 4.69) is 30.1 Å². The Morgan fingerprint density at radius 1 is 1.30 bits per heavy atom. The Labute approximate surface area is 134 Å². The second-order valence-corrected chi connectivity index (χ2v) is 6.05. The second-order valence-electron chi connectivity index (χ2n) is 5.30. The number of hydrogen-bond donors (Lipinski definition) is 0. The molecule has 4 rings (SSSR count). The molecule has 11 heteroatoms. The normalized spacial score (nSPS) is 14.9. The average Bonchev–Trinajstić information content (AvgIpc) is 3.20. The monoisotopic (exact) mass is 331 g/mol. The lowest BCUT2D eigenvalue weighted by molar-refractivity contribution is 0.0502. The first-order valence-electron chi connectivity index (χ1n) is 7.04. The number of aromatic nitrogens is 8. The summed E-state index contributed by atoms with van der Waals surface area (Å²) in [4.78, 5) is 16.2. The molecule has 3 aromatic heterocycles. The lowest BCUT2D eigenvalue weighted by atomic mass is 10.1. The predicted octanol–water partition coefficient (Wildman–Crippen LogP) is -0.225. The molecule has 0 aromatic carbocycles. The van der Waals surface area contributed by atoms with Crippen LogP contribution in [0.4, 0.5) is 0 Å². The van der Waals surface area contributed by atoms with Gasteiger partial charge >= 0.3 is 0 Å². The van der Waals surface area contributed by atoms with Crippen LogP contribution in [0.1, 0.15) is 27.1 Å². The summed E-state index contributed by atoms with van der Waals surface area (Å²) in [5.74, 6) is -0.0187. The fourth-order valence-electron chi connectivity index (χ4n) is 2.39. The van der Waals surface area contributed by atoms with Crippen LogP contribution < -0.4 is 0 Å². The van der Waals surface area contributed by atoms with Gasteiger partial charge in [0.05, 0.1) is 30.3 Å². The molecule has 0 N–H and O–H groups in total. The molecule has 0 unspecified atom stereocenters. The Bertz CT molecular complexity index is 817. The van der Waals surface area contributed by atoms with E-state index in [0.717, 1.165) is 17.2 Å². The molecule has 1 aliphatic rings. The zero-order valence-electron chi connectivity index (χ0n) is 12.3. The summed E-state index contributed by atoms with van der Waals surface area (Å²) in [6.45, 7) is 3.49. The summed E-state index contributed by atoms with van der Waals surface area (Å²) in [6, 6.07) is 0.145. The first-order chi connectivity index (χ1) is 11.2. The highest BCUT2D eigenvalue weighted by atomic mass is 32.1. The maximum absolute atomic E-state index is 12.3. The minimum atomic E-state index is -0.0187. The van der Waals surface area contributed by atoms with Crippen LogP contribution in [-0.2, 0) is 6.54 Å². The molecular weight excluding hydrogens is 318 g/mol. The average molecular weight is 331 g/mol. The number of rotatable bonds is 4. The number of amides is 1. The van der Waals surface area contributed by atoms with Gasteiger partial charge in [-0.1, -0.05) is 9.70 Å². The van der Waals surface area contributed by atoms with Crippen LogP contribution in [0.3, 0.4) is 0 Å². The molecule has 23 heavy (non-hydrogen) atoms. The van der Waals surface area contributed by atoms with Crippen molar-refractivity contribution in [2.45, 2.75) is 19.5 Å². The fraction of sp³-hybridized carbons (Fsp3) is 0.417. The van der Waals surface area contributed by atoms with E-state index >= 15 is 0 Å². The largest absolute Gasteiger partial charge is 0.333 e. The first kappa shape index (κ1) is 13.9. The van der Waals surface area contributed by atoms with Gasteiger partial charge in [-0.25, -0.2) is 4.68 Å². The summed E-state index contributed by atoms with van der Waals surface area (Å²) < 4.78 is 5.59. The van der Waals surface area contributed by atoms with Crippen molar-refractivity contribution in [1.29, 1.82) is 0 Å². The smallest absolute Gasteiger partial charge is 0.267 e. The van der Waals surface area contributed by atoms with Crippen LogP contribution in [0.15, 0.2) is 18.6 Å². The SMILES string of the molecule is Cc1nnsc1C(=O)N1CC(n2cc(Cn3nccn3)nn2)C1. The second kappa shape index (κ2) is 5.50. The van der Waals surface area contributed by atoms with Crippen LogP contribution in [-0.4, -0.2) is 63.5 Å². The molecule has 4 heterocycles. The van der Waals surface area contributed by atoms with Gasteiger partial charge in [-0.2, -0.15) is 15.0 Å². The van der Waals surface area contributed by atoms with Gasteiger partial charge in [0.2, 0.25) is 0 Å². The molecular formula is C12H13N9OS. The van der Waals surface area contributed by atoms with E-state index in [1.807, 2.05) is 6.20 Å². The summed E-state index contributed by atoms with van der Waals surface area (Å²) in [5.41, 5.74) is 1.46. The van der Waals surface area contributed by atoms with Crippen molar-refractivity contribution in [3.63, 3.8) is 0 Å². The van der Waals surface area contributed by atoms with E-state index < -0.39 is 0 Å². The lowest BCUT2D eigenvalue weighted by Crippen LogP contribution is -2.50. The highest BCUT2D eigenvalue weighted by Gasteiger charge is 2.34. The Morgan fingerprint density at radius 2 is 2.09 bits per heavy atom. The highest BCUT2D eigenvalue weighted by molar-refractivity contribution is 7.07. The van der Waals surface area contributed by atoms with Gasteiger partial charge < -0.3 is 4.90 Å². The van der Waals surface area contributed by atoms with Crippen molar-refractivity contribution in [2.24, 2.45) is 0 Å². The maximum Gasteiger partial charge on any atom is 0.267 e. The van der Waals surface area contributed by atoms with Crippen molar-refractivity contribution >= 4 is 17.4 Å². The van der Waals surface area contributed by atoms with Crippen molar-refractivity contribution in [3.8, 4) is 0 Å². The topological polar surface area (TPSA) is 108 Å². The minimum Gasteiger partial charge on any atom is -0.333 e. The van der Waals surface area contributed by atoms with Gasteiger partial charge in [0.15, 0.2) is 0 Å². The fourth-order valence-corrected chi connectivity index (χ4v) is 3.02. The molecule has 1 aliphatic heterocycles. The Morgan fingerprint density at radius 3 is 2.78 bits per heavy atom. The maximum atomic E-state index is 12.3. The molecule has 0 bridgehead atoms. The van der Waals surface area contributed by atoms with Gasteiger partial charge in [0.1, 0.15) is 17.1 Å². The number of nitrogens with zero attached hydrogens (tertiary/aromatic N) is 9. The molecule has 1 saturated heterocycles. The number of carbonyl (C=O) groups is 1. The quantitative estimate of drug-likeness (QED) is 0.650. The minimum absolute atomic E-state index is 0.0187. The Kier molecular flexibility index (Phi) is 3.33. The molecule has 118 valence electrons. The van der Waals surface area contributed by atoms with E-state index in [1.54, 1.807) is 33.7 Å². The zero-order chi connectivity index (χ0) is 15.8. The van der Waals surface area contributed by atoms with Crippen molar-refractivity contribution < 1.29 is 4.79 Å². The third-order valence-electron chi connectivity index (χ3n) is 3.70. The lowest BCUT2D eigenvalue weighted by Gasteiger charge is -2.38. The zero-order valence-corrected chi connectivity index (χ0v) is 13.1. The molecule has 0 spiro atoms. The van der Waals surface area contributed by atoms with E-state index in [4.69, 9.17) is 0 Å².